The molecule has 2 aromatic rings. The van der Waals surface area contributed by atoms with Crippen molar-refractivity contribution < 1.29 is 29.0 Å². The number of aryl methyl sites for hydroxylation is 1. The Labute approximate surface area is 108 Å². The molecular weight excluding hydrogens is 252 g/mol. The van der Waals surface area contributed by atoms with Gasteiger partial charge >= 0.3 is 0 Å². The van der Waals surface area contributed by atoms with Crippen molar-refractivity contribution in [3.05, 3.63) is 29.5 Å². The number of aliphatic carboxylic acids is 1. The number of carboxylic acid groups (broad SMARTS) is 2. The number of hydrogen-bond donors (Lipinski definition) is 0. The Balaban J connectivity index is 2.47. The van der Waals surface area contributed by atoms with E-state index in [2.05, 4.69) is 0 Å². The molecule has 0 unspecified atom stereocenters. The Morgan fingerprint density at radius 3 is 2.58 bits per heavy atom. The van der Waals surface area contributed by atoms with Gasteiger partial charge in [-0.15, -0.1) is 0 Å². The third kappa shape index (κ3) is 2.37. The van der Waals surface area contributed by atoms with Crippen molar-refractivity contribution in [1.29, 1.82) is 0 Å². The Morgan fingerprint density at radius 1 is 1.32 bits per heavy atom. The van der Waals surface area contributed by atoms with E-state index in [1.807, 2.05) is 0 Å². The standard InChI is InChI=1S/C13H12O6/c1-6-11(13(16)17)9-5-8(3-4-10(9)19-6)18-7(2)12(14)15/h3-5,7H,1-2H3,(H,14,15)(H,16,17)/p-2/t7-/m0/s1. The highest BCUT2D eigenvalue weighted by Gasteiger charge is 2.13. The summed E-state index contributed by atoms with van der Waals surface area (Å²) in [4.78, 5) is 21.6. The van der Waals surface area contributed by atoms with E-state index in [1.165, 1.54) is 32.0 Å². The molecule has 0 N–H and O–H groups in total. The Hall–Kier alpha value is -2.50. The monoisotopic (exact) mass is 262 g/mol. The van der Waals surface area contributed by atoms with Crippen LogP contribution in [0.3, 0.4) is 0 Å². The highest BCUT2D eigenvalue weighted by atomic mass is 16.5. The molecule has 6 nitrogen and oxygen atoms in total. The van der Waals surface area contributed by atoms with Gasteiger partial charge in [0.25, 0.3) is 0 Å². The second-order valence-corrected chi connectivity index (χ2v) is 4.06. The zero-order valence-electron chi connectivity index (χ0n) is 10.3. The number of carboxylic acids is 2. The van der Waals surface area contributed by atoms with Crippen molar-refractivity contribution >= 4 is 22.9 Å². The Kier molecular flexibility index (Phi) is 3.16. The Morgan fingerprint density at radius 2 is 2.00 bits per heavy atom. The molecule has 0 bridgehead atoms. The molecule has 0 aliphatic rings. The summed E-state index contributed by atoms with van der Waals surface area (Å²) in [6, 6.07) is 4.40. The van der Waals surface area contributed by atoms with E-state index in [0.717, 1.165) is 0 Å². The second kappa shape index (κ2) is 4.64. The highest BCUT2D eigenvalue weighted by molar-refractivity contribution is 6.03. The predicted octanol–water partition coefficient (Wildman–Crippen LogP) is -0.378. The van der Waals surface area contributed by atoms with Crippen LogP contribution in [0.4, 0.5) is 0 Å². The first-order valence-corrected chi connectivity index (χ1v) is 5.52. The van der Waals surface area contributed by atoms with Crippen molar-refractivity contribution in [3.8, 4) is 5.75 Å². The maximum Gasteiger partial charge on any atom is 0.135 e. The van der Waals surface area contributed by atoms with Crippen LogP contribution < -0.4 is 14.9 Å². The number of hydrogen-bond acceptors (Lipinski definition) is 6. The van der Waals surface area contributed by atoms with Gasteiger partial charge in [0.15, 0.2) is 0 Å². The summed E-state index contributed by atoms with van der Waals surface area (Å²) >= 11 is 0. The molecule has 1 aromatic heterocycles. The molecular formula is C13H10O6-2. The topological polar surface area (TPSA) is 103 Å². The first-order chi connectivity index (χ1) is 8.90. The third-order valence-electron chi connectivity index (χ3n) is 2.68. The fourth-order valence-corrected chi connectivity index (χ4v) is 1.78. The smallest absolute Gasteiger partial charge is 0.135 e. The maximum absolute atomic E-state index is 11.0. The minimum absolute atomic E-state index is 0.0680. The van der Waals surface area contributed by atoms with E-state index in [4.69, 9.17) is 9.15 Å². The molecule has 19 heavy (non-hydrogen) atoms. The maximum atomic E-state index is 11.0. The van der Waals surface area contributed by atoms with Crippen LogP contribution in [0, 0.1) is 6.92 Å². The first-order valence-electron chi connectivity index (χ1n) is 5.52. The number of furan rings is 1. The van der Waals surface area contributed by atoms with Crippen LogP contribution in [0.25, 0.3) is 11.0 Å². The van der Waals surface area contributed by atoms with E-state index in [1.54, 1.807) is 0 Å². The van der Waals surface area contributed by atoms with E-state index >= 15 is 0 Å². The molecule has 1 aromatic carbocycles. The summed E-state index contributed by atoms with van der Waals surface area (Å²) in [5.41, 5.74) is 0.298. The number of benzene rings is 1. The van der Waals surface area contributed by atoms with Gasteiger partial charge in [-0.2, -0.15) is 0 Å². The largest absolute Gasteiger partial charge is 0.546 e. The lowest BCUT2D eigenvalue weighted by Gasteiger charge is -2.15. The van der Waals surface area contributed by atoms with Crippen molar-refractivity contribution in [2.24, 2.45) is 0 Å². The number of carbonyl (C=O) groups is 2. The van der Waals surface area contributed by atoms with E-state index < -0.39 is 18.0 Å². The minimum atomic E-state index is -1.36. The van der Waals surface area contributed by atoms with Gasteiger partial charge in [-0.3, -0.25) is 0 Å². The van der Waals surface area contributed by atoms with E-state index in [9.17, 15) is 19.8 Å². The van der Waals surface area contributed by atoms with Gasteiger partial charge in [0, 0.05) is 10.9 Å². The minimum Gasteiger partial charge on any atom is -0.546 e. The van der Waals surface area contributed by atoms with Gasteiger partial charge in [-0.05, 0) is 32.0 Å². The van der Waals surface area contributed by atoms with Crippen molar-refractivity contribution in [2.75, 3.05) is 0 Å². The lowest BCUT2D eigenvalue weighted by atomic mass is 10.1. The van der Waals surface area contributed by atoms with Crippen LogP contribution in [0.15, 0.2) is 22.6 Å². The lowest BCUT2D eigenvalue weighted by molar-refractivity contribution is -0.312. The van der Waals surface area contributed by atoms with E-state index in [0.29, 0.717) is 11.0 Å². The SMILES string of the molecule is Cc1oc2ccc(O[C@@H](C)C(=O)[O-])cc2c1C(=O)[O-]. The number of fused-ring (bicyclic) bond motifs is 1. The van der Waals surface area contributed by atoms with Gasteiger partial charge in [0.05, 0.1) is 11.9 Å². The fraction of sp³-hybridized carbons (Fsp3) is 0.231. The molecule has 1 heterocycles. The summed E-state index contributed by atoms with van der Waals surface area (Å²) in [6.45, 7) is 2.83. The van der Waals surface area contributed by atoms with Crippen LogP contribution >= 0.6 is 0 Å². The highest BCUT2D eigenvalue weighted by Crippen LogP contribution is 2.29. The number of rotatable bonds is 4. The van der Waals surface area contributed by atoms with Crippen LogP contribution in [-0.2, 0) is 4.79 Å². The average Bonchev–Trinajstić information content (AvgIpc) is 2.64. The normalized spacial score (nSPS) is 12.3. The molecule has 2 rings (SSSR count). The van der Waals surface area contributed by atoms with Gasteiger partial charge in [0.2, 0.25) is 0 Å². The zero-order valence-corrected chi connectivity index (χ0v) is 10.3. The quantitative estimate of drug-likeness (QED) is 0.744. The number of ether oxygens (including phenoxy) is 1. The van der Waals surface area contributed by atoms with Crippen molar-refractivity contribution in [1.82, 2.24) is 0 Å². The number of aromatic carboxylic acids is 1. The van der Waals surface area contributed by atoms with Crippen LogP contribution in [0.2, 0.25) is 0 Å². The third-order valence-corrected chi connectivity index (χ3v) is 2.68. The predicted molar refractivity (Wildman–Crippen MR) is 60.4 cm³/mol. The summed E-state index contributed by atoms with van der Waals surface area (Å²) < 4.78 is 10.4. The fourth-order valence-electron chi connectivity index (χ4n) is 1.78. The molecule has 0 fully saturated rings. The van der Waals surface area contributed by atoms with Crippen molar-refractivity contribution in [2.45, 2.75) is 20.0 Å². The molecule has 1 atom stereocenters. The van der Waals surface area contributed by atoms with Gasteiger partial charge in [-0.25, -0.2) is 0 Å². The van der Waals surface area contributed by atoms with Crippen LogP contribution in [-0.4, -0.2) is 18.0 Å². The molecule has 0 radical (unpaired) electrons. The molecule has 0 spiro atoms. The average molecular weight is 262 g/mol. The first kappa shape index (κ1) is 12.9. The molecule has 0 aliphatic carbocycles. The summed E-state index contributed by atoms with van der Waals surface area (Å²) in [5.74, 6) is -2.28. The zero-order chi connectivity index (χ0) is 14.2. The lowest BCUT2D eigenvalue weighted by Crippen LogP contribution is -2.37. The molecule has 0 saturated carbocycles. The molecule has 0 saturated heterocycles. The van der Waals surface area contributed by atoms with Crippen LogP contribution in [0.1, 0.15) is 23.0 Å². The second-order valence-electron chi connectivity index (χ2n) is 4.06. The van der Waals surface area contributed by atoms with E-state index in [-0.39, 0.29) is 17.1 Å². The summed E-state index contributed by atoms with van der Waals surface area (Å²) in [7, 11) is 0. The van der Waals surface area contributed by atoms with Gasteiger partial charge in [-0.1, -0.05) is 0 Å². The van der Waals surface area contributed by atoms with Crippen molar-refractivity contribution in [3.63, 3.8) is 0 Å². The Bertz CT molecular complexity index is 654. The van der Waals surface area contributed by atoms with Gasteiger partial charge in [0.1, 0.15) is 23.2 Å². The van der Waals surface area contributed by atoms with Crippen LogP contribution in [0.5, 0.6) is 5.75 Å². The molecule has 0 aliphatic heterocycles. The summed E-state index contributed by atoms with van der Waals surface area (Å²) in [5, 5.41) is 21.9. The molecule has 0 amide bonds. The van der Waals surface area contributed by atoms with Gasteiger partial charge < -0.3 is 29.0 Å². The molecule has 100 valence electrons. The number of carbonyl (C=O) groups excluding carboxylic acids is 2. The molecule has 6 heteroatoms. The summed E-state index contributed by atoms with van der Waals surface area (Å²) in [6.07, 6.45) is -1.14.